The molecule has 3 N–H and O–H groups in total. The van der Waals surface area contributed by atoms with Gasteiger partial charge in [-0.3, -0.25) is 0 Å². The van der Waals surface area contributed by atoms with E-state index < -0.39 is 6.10 Å². The molecule has 1 heterocycles. The molecule has 1 fully saturated rings. The van der Waals surface area contributed by atoms with E-state index in [0.29, 0.717) is 12.5 Å². The Morgan fingerprint density at radius 2 is 1.44 bits per heavy atom. The summed E-state index contributed by atoms with van der Waals surface area (Å²) >= 11 is 0. The van der Waals surface area contributed by atoms with Crippen LogP contribution in [0, 0.1) is 0 Å². The van der Waals surface area contributed by atoms with E-state index in [4.69, 9.17) is 5.73 Å². The average Bonchev–Trinajstić information content (AvgIpc) is 2.64. The first kappa shape index (κ1) is 26.2. The van der Waals surface area contributed by atoms with Crippen LogP contribution in [0.1, 0.15) is 29.9 Å². The van der Waals surface area contributed by atoms with Crippen molar-refractivity contribution in [1.29, 1.82) is 0 Å². The maximum Gasteiger partial charge on any atom is 0.0820 e. The van der Waals surface area contributed by atoms with E-state index in [1.165, 1.54) is 11.1 Å². The van der Waals surface area contributed by atoms with Crippen molar-refractivity contribution in [3.63, 3.8) is 0 Å². The van der Waals surface area contributed by atoms with Crippen molar-refractivity contribution in [1.82, 2.24) is 4.90 Å². The van der Waals surface area contributed by atoms with Gasteiger partial charge in [-0.1, -0.05) is 60.7 Å². The van der Waals surface area contributed by atoms with Gasteiger partial charge in [0.15, 0.2) is 0 Å². The quantitative estimate of drug-likeness (QED) is 0.733. The normalized spacial score (nSPS) is 17.0. The zero-order valence-corrected chi connectivity index (χ0v) is 18.2. The molecule has 0 amide bonds. The average molecular weight is 431 g/mol. The van der Waals surface area contributed by atoms with Crippen LogP contribution in [0.3, 0.4) is 0 Å². The van der Waals surface area contributed by atoms with Crippen LogP contribution in [0.5, 0.6) is 0 Å². The van der Waals surface area contributed by atoms with E-state index in [2.05, 4.69) is 47.4 Å². The lowest BCUT2D eigenvalue weighted by atomic mass is 9.89. The number of halogens is 2. The minimum atomic E-state index is -0.474. The van der Waals surface area contributed by atoms with Crippen LogP contribution in [0.15, 0.2) is 60.7 Å². The summed E-state index contributed by atoms with van der Waals surface area (Å²) in [5.41, 5.74) is 8.84. The summed E-state index contributed by atoms with van der Waals surface area (Å²) in [5, 5.41) is 10.4. The Kier molecular flexibility index (Phi) is 13.1. The largest absolute Gasteiger partial charge is 0.390 e. The predicted octanol–water partition coefficient (Wildman–Crippen LogP) is 3.75. The monoisotopic (exact) mass is 430 g/mol. The number of aliphatic hydroxyl groups is 1. The van der Waals surface area contributed by atoms with Gasteiger partial charge in [-0.2, -0.15) is 13.5 Å². The van der Waals surface area contributed by atoms with E-state index in [1.54, 1.807) is 0 Å². The van der Waals surface area contributed by atoms with Crippen molar-refractivity contribution in [2.45, 2.75) is 37.3 Å². The van der Waals surface area contributed by atoms with Crippen molar-refractivity contribution in [3.8, 4) is 0 Å². The predicted molar refractivity (Wildman–Crippen MR) is 124 cm³/mol. The number of likely N-dealkylation sites (tertiary alicyclic amines) is 1. The third kappa shape index (κ3) is 8.02. The molecule has 2 aromatic rings. The van der Waals surface area contributed by atoms with Gasteiger partial charge in [0.25, 0.3) is 0 Å². The molecule has 0 bridgehead atoms. The molecule has 2 aromatic carbocycles. The van der Waals surface area contributed by atoms with Gasteiger partial charge in [-0.25, -0.2) is 0 Å². The van der Waals surface area contributed by atoms with E-state index >= 15 is 0 Å². The Morgan fingerprint density at radius 3 is 2.00 bits per heavy atom. The molecule has 0 aliphatic carbocycles. The summed E-state index contributed by atoms with van der Waals surface area (Å²) in [4.78, 5) is 2.36. The standard InChI is InChI=1S/C21H28N2O.2ClH.H2S/c22-20(15-17-7-3-1-4-8-17)21(24)16-23-13-11-19(12-14-23)18-9-5-2-6-10-18;;;/h1-10,19-21,24H,11-16,22H2;2*1H;1H2/t20-,21+;;;/m1.../s1. The SMILES string of the molecule is Cl.Cl.N[C@H](Cc1ccccc1)[C@@H](O)CN1CCC(c2ccccc2)CC1.S. The Balaban J connectivity index is 0.00000225. The summed E-state index contributed by atoms with van der Waals surface area (Å²) in [6.45, 7) is 2.75. The van der Waals surface area contributed by atoms with Crippen LogP contribution in [0.4, 0.5) is 0 Å². The van der Waals surface area contributed by atoms with Crippen LogP contribution in [0.2, 0.25) is 0 Å². The summed E-state index contributed by atoms with van der Waals surface area (Å²) < 4.78 is 0. The molecule has 1 aliphatic heterocycles. The molecule has 0 saturated carbocycles. The number of hydrogen-bond acceptors (Lipinski definition) is 3. The van der Waals surface area contributed by atoms with Gasteiger partial charge in [-0.05, 0) is 49.4 Å². The lowest BCUT2D eigenvalue weighted by Gasteiger charge is -2.34. The number of nitrogens with zero attached hydrogens (tertiary/aromatic N) is 1. The fourth-order valence-electron chi connectivity index (χ4n) is 3.60. The first-order valence-corrected chi connectivity index (χ1v) is 8.97. The molecular formula is C21H32Cl2N2OS. The molecule has 3 nitrogen and oxygen atoms in total. The minimum Gasteiger partial charge on any atom is -0.390 e. The molecule has 0 spiro atoms. The number of β-amino-alcohol motifs (C(OH)–C–C–N with tert-alkyl or cyclic N) is 1. The maximum atomic E-state index is 10.4. The molecule has 6 heteroatoms. The molecule has 1 saturated heterocycles. The second kappa shape index (κ2) is 13.4. The second-order valence-electron chi connectivity index (χ2n) is 6.91. The smallest absolute Gasteiger partial charge is 0.0820 e. The topological polar surface area (TPSA) is 49.5 Å². The van der Waals surface area contributed by atoms with Gasteiger partial charge in [0.2, 0.25) is 0 Å². The molecule has 152 valence electrons. The number of benzene rings is 2. The van der Waals surface area contributed by atoms with Gasteiger partial charge in [-0.15, -0.1) is 24.8 Å². The molecule has 27 heavy (non-hydrogen) atoms. The van der Waals surface area contributed by atoms with Crippen molar-refractivity contribution in [2.75, 3.05) is 19.6 Å². The Hall–Kier alpha value is -0.750. The zero-order chi connectivity index (χ0) is 16.8. The lowest BCUT2D eigenvalue weighted by molar-refractivity contribution is 0.0786. The zero-order valence-electron chi connectivity index (χ0n) is 15.5. The third-order valence-electron chi connectivity index (χ3n) is 5.11. The van der Waals surface area contributed by atoms with Crippen LogP contribution in [0.25, 0.3) is 0 Å². The van der Waals surface area contributed by atoms with Crippen molar-refractivity contribution in [2.24, 2.45) is 5.73 Å². The maximum absolute atomic E-state index is 10.4. The first-order valence-electron chi connectivity index (χ1n) is 8.97. The van der Waals surface area contributed by atoms with Crippen LogP contribution in [-0.4, -0.2) is 41.8 Å². The number of nitrogens with two attached hydrogens (primary N) is 1. The number of aliphatic hydroxyl groups excluding tert-OH is 1. The second-order valence-corrected chi connectivity index (χ2v) is 6.91. The Bertz CT molecular complexity index is 610. The fourth-order valence-corrected chi connectivity index (χ4v) is 3.60. The number of hydrogen-bond donors (Lipinski definition) is 2. The van der Waals surface area contributed by atoms with Crippen LogP contribution >= 0.6 is 38.3 Å². The third-order valence-corrected chi connectivity index (χ3v) is 5.11. The lowest BCUT2D eigenvalue weighted by Crippen LogP contribution is -2.46. The van der Waals surface area contributed by atoms with Gasteiger partial charge < -0.3 is 15.7 Å². The van der Waals surface area contributed by atoms with E-state index in [1.807, 2.05) is 18.2 Å². The van der Waals surface area contributed by atoms with E-state index in [-0.39, 0.29) is 44.4 Å². The van der Waals surface area contributed by atoms with Crippen LogP contribution in [-0.2, 0) is 6.42 Å². The van der Waals surface area contributed by atoms with Gasteiger partial charge >= 0.3 is 0 Å². The van der Waals surface area contributed by atoms with Crippen LogP contribution < -0.4 is 5.73 Å². The van der Waals surface area contributed by atoms with Crippen molar-refractivity contribution in [3.05, 3.63) is 71.8 Å². The highest BCUT2D eigenvalue weighted by Gasteiger charge is 2.24. The number of rotatable bonds is 6. The molecular weight excluding hydrogens is 399 g/mol. The number of piperidine rings is 1. The van der Waals surface area contributed by atoms with Gasteiger partial charge in [0.1, 0.15) is 0 Å². The minimum absolute atomic E-state index is 0. The highest BCUT2D eigenvalue weighted by Crippen LogP contribution is 2.27. The van der Waals surface area contributed by atoms with Gasteiger partial charge in [0.05, 0.1) is 6.10 Å². The highest BCUT2D eigenvalue weighted by molar-refractivity contribution is 7.59. The molecule has 1 aliphatic rings. The van der Waals surface area contributed by atoms with Gasteiger partial charge in [0, 0.05) is 12.6 Å². The van der Waals surface area contributed by atoms with E-state index in [0.717, 1.165) is 32.4 Å². The summed E-state index contributed by atoms with van der Waals surface area (Å²) in [5.74, 6) is 0.651. The molecule has 2 atom stereocenters. The van der Waals surface area contributed by atoms with E-state index in [9.17, 15) is 5.11 Å². The fraction of sp³-hybridized carbons (Fsp3) is 0.429. The van der Waals surface area contributed by atoms with Crippen molar-refractivity contribution < 1.29 is 5.11 Å². The Morgan fingerprint density at radius 1 is 0.926 bits per heavy atom. The molecule has 0 unspecified atom stereocenters. The summed E-state index contributed by atoms with van der Waals surface area (Å²) in [7, 11) is 0. The first-order chi connectivity index (χ1) is 11.7. The Labute approximate surface area is 182 Å². The highest BCUT2D eigenvalue weighted by atomic mass is 35.5. The molecule has 3 rings (SSSR count). The molecule has 0 radical (unpaired) electrons. The molecule has 0 aromatic heterocycles. The summed E-state index contributed by atoms with van der Waals surface area (Å²) in [6, 6.07) is 20.7. The van der Waals surface area contributed by atoms with Crippen molar-refractivity contribution >= 4 is 38.3 Å². The summed E-state index contributed by atoms with van der Waals surface area (Å²) in [6.07, 6.45) is 2.57.